The van der Waals surface area contributed by atoms with Gasteiger partial charge in [0.25, 0.3) is 0 Å². The predicted molar refractivity (Wildman–Crippen MR) is 94.4 cm³/mol. The number of rotatable bonds is 5. The number of carbonyl (C=O) groups is 1. The number of benzene rings is 2. The lowest BCUT2D eigenvalue weighted by molar-refractivity contribution is -0.120. The number of carbonyl (C=O) groups excluding carboxylic acids is 1. The van der Waals surface area contributed by atoms with Crippen LogP contribution in [0.5, 0.6) is 0 Å². The summed E-state index contributed by atoms with van der Waals surface area (Å²) in [5.74, 6) is -0.271. The summed E-state index contributed by atoms with van der Waals surface area (Å²) >= 11 is 0. The SMILES string of the molecule is CC(C)(CNC(=O)Cc1ccccc1)c1c[nH]c2ccc(F)cc12. The van der Waals surface area contributed by atoms with Crippen molar-refractivity contribution in [1.82, 2.24) is 10.3 Å². The highest BCUT2D eigenvalue weighted by atomic mass is 19.1. The average Bonchev–Trinajstić information content (AvgIpc) is 2.98. The van der Waals surface area contributed by atoms with Crippen LogP contribution >= 0.6 is 0 Å². The molecule has 2 N–H and O–H groups in total. The number of nitrogens with one attached hydrogen (secondary N) is 2. The predicted octanol–water partition coefficient (Wildman–Crippen LogP) is 3.94. The summed E-state index contributed by atoms with van der Waals surface area (Å²) in [6.07, 6.45) is 2.26. The average molecular weight is 324 g/mol. The number of fused-ring (bicyclic) bond motifs is 1. The van der Waals surface area contributed by atoms with E-state index >= 15 is 0 Å². The molecule has 0 saturated heterocycles. The Kier molecular flexibility index (Phi) is 4.38. The molecule has 24 heavy (non-hydrogen) atoms. The zero-order chi connectivity index (χ0) is 17.2. The summed E-state index contributed by atoms with van der Waals surface area (Å²) in [4.78, 5) is 15.3. The molecule has 0 atom stereocenters. The van der Waals surface area contributed by atoms with Crippen molar-refractivity contribution in [3.8, 4) is 0 Å². The Hall–Kier alpha value is -2.62. The molecule has 3 nitrogen and oxygen atoms in total. The first-order valence-corrected chi connectivity index (χ1v) is 8.03. The Morgan fingerprint density at radius 3 is 2.67 bits per heavy atom. The van der Waals surface area contributed by atoms with Gasteiger partial charge in [-0.05, 0) is 29.3 Å². The Balaban J connectivity index is 1.71. The topological polar surface area (TPSA) is 44.9 Å². The normalized spacial score (nSPS) is 11.6. The maximum atomic E-state index is 13.6. The van der Waals surface area contributed by atoms with Gasteiger partial charge in [0.05, 0.1) is 6.42 Å². The quantitative estimate of drug-likeness (QED) is 0.733. The minimum Gasteiger partial charge on any atom is -0.361 e. The summed E-state index contributed by atoms with van der Waals surface area (Å²) in [5, 5.41) is 3.85. The van der Waals surface area contributed by atoms with Crippen LogP contribution in [0.25, 0.3) is 10.9 Å². The van der Waals surface area contributed by atoms with Gasteiger partial charge in [-0.15, -0.1) is 0 Å². The second-order valence-corrected chi connectivity index (χ2v) is 6.72. The summed E-state index contributed by atoms with van der Waals surface area (Å²) in [7, 11) is 0. The van der Waals surface area contributed by atoms with E-state index in [0.29, 0.717) is 13.0 Å². The van der Waals surface area contributed by atoms with Gasteiger partial charge in [-0.25, -0.2) is 4.39 Å². The van der Waals surface area contributed by atoms with Crippen molar-refractivity contribution in [2.45, 2.75) is 25.7 Å². The maximum absolute atomic E-state index is 13.6. The zero-order valence-corrected chi connectivity index (χ0v) is 13.9. The van der Waals surface area contributed by atoms with Crippen LogP contribution in [0.1, 0.15) is 25.0 Å². The Labute approximate surface area is 140 Å². The molecule has 0 fully saturated rings. The number of hydrogen-bond acceptors (Lipinski definition) is 1. The molecule has 3 rings (SSSR count). The molecule has 3 aromatic rings. The largest absolute Gasteiger partial charge is 0.361 e. The maximum Gasteiger partial charge on any atom is 0.224 e. The van der Waals surface area contributed by atoms with E-state index < -0.39 is 0 Å². The molecular formula is C20H21FN2O. The lowest BCUT2D eigenvalue weighted by atomic mass is 9.84. The molecule has 1 amide bonds. The van der Waals surface area contributed by atoms with Crippen molar-refractivity contribution >= 4 is 16.8 Å². The number of aromatic nitrogens is 1. The van der Waals surface area contributed by atoms with E-state index in [-0.39, 0.29) is 17.1 Å². The first-order chi connectivity index (χ1) is 11.5. The van der Waals surface area contributed by atoms with Crippen LogP contribution in [-0.2, 0) is 16.6 Å². The second kappa shape index (κ2) is 6.48. The van der Waals surface area contributed by atoms with E-state index in [9.17, 15) is 9.18 Å². The summed E-state index contributed by atoms with van der Waals surface area (Å²) in [6, 6.07) is 14.4. The first kappa shape index (κ1) is 16.2. The fourth-order valence-corrected chi connectivity index (χ4v) is 2.91. The van der Waals surface area contributed by atoms with Crippen LogP contribution in [-0.4, -0.2) is 17.4 Å². The van der Waals surface area contributed by atoms with Crippen LogP contribution in [0.3, 0.4) is 0 Å². The van der Waals surface area contributed by atoms with Gasteiger partial charge in [-0.3, -0.25) is 4.79 Å². The third-order valence-corrected chi connectivity index (χ3v) is 4.31. The molecule has 1 aromatic heterocycles. The van der Waals surface area contributed by atoms with Gasteiger partial charge in [0, 0.05) is 29.1 Å². The fraction of sp³-hybridized carbons (Fsp3) is 0.250. The Morgan fingerprint density at radius 1 is 1.17 bits per heavy atom. The first-order valence-electron chi connectivity index (χ1n) is 8.03. The molecule has 2 aromatic carbocycles. The molecule has 0 aliphatic heterocycles. The molecule has 1 heterocycles. The number of halogens is 1. The van der Waals surface area contributed by atoms with Crippen molar-refractivity contribution in [3.05, 3.63) is 71.7 Å². The molecule has 0 aliphatic carbocycles. The van der Waals surface area contributed by atoms with Crippen LogP contribution in [0.15, 0.2) is 54.7 Å². The lowest BCUT2D eigenvalue weighted by Crippen LogP contribution is -2.37. The molecule has 0 aliphatic rings. The fourth-order valence-electron chi connectivity index (χ4n) is 2.91. The third kappa shape index (κ3) is 3.48. The van der Waals surface area contributed by atoms with Gasteiger partial charge < -0.3 is 10.3 Å². The zero-order valence-electron chi connectivity index (χ0n) is 13.9. The number of amides is 1. The smallest absolute Gasteiger partial charge is 0.224 e. The highest BCUT2D eigenvalue weighted by Crippen LogP contribution is 2.30. The van der Waals surface area contributed by atoms with E-state index in [2.05, 4.69) is 10.3 Å². The number of hydrogen-bond donors (Lipinski definition) is 2. The molecule has 0 unspecified atom stereocenters. The molecule has 0 saturated carbocycles. The summed E-state index contributed by atoms with van der Waals surface area (Å²) in [6.45, 7) is 4.58. The third-order valence-electron chi connectivity index (χ3n) is 4.31. The standard InChI is InChI=1S/C20H21FN2O/c1-20(2,13-23-19(24)10-14-6-4-3-5-7-14)17-12-22-18-9-8-15(21)11-16(17)18/h3-9,11-12,22H,10,13H2,1-2H3,(H,23,24). The Morgan fingerprint density at radius 2 is 1.92 bits per heavy atom. The summed E-state index contributed by atoms with van der Waals surface area (Å²) in [5.41, 5.74) is 2.58. The van der Waals surface area contributed by atoms with E-state index in [0.717, 1.165) is 22.0 Å². The molecule has 4 heteroatoms. The van der Waals surface area contributed by atoms with Gasteiger partial charge in [0.1, 0.15) is 5.82 Å². The minimum atomic E-state index is -0.307. The molecule has 0 radical (unpaired) electrons. The molecule has 124 valence electrons. The van der Waals surface area contributed by atoms with Gasteiger partial charge in [0.2, 0.25) is 5.91 Å². The highest BCUT2D eigenvalue weighted by Gasteiger charge is 2.25. The molecule has 0 spiro atoms. The Bertz CT molecular complexity index is 852. The van der Waals surface area contributed by atoms with Crippen molar-refractivity contribution in [3.63, 3.8) is 0 Å². The van der Waals surface area contributed by atoms with Crippen molar-refractivity contribution < 1.29 is 9.18 Å². The van der Waals surface area contributed by atoms with Crippen LogP contribution in [0.2, 0.25) is 0 Å². The van der Waals surface area contributed by atoms with Crippen molar-refractivity contribution in [2.75, 3.05) is 6.54 Å². The van der Waals surface area contributed by atoms with Gasteiger partial charge in [-0.1, -0.05) is 44.2 Å². The van der Waals surface area contributed by atoms with E-state index in [1.165, 1.54) is 12.1 Å². The van der Waals surface area contributed by atoms with Gasteiger partial charge >= 0.3 is 0 Å². The van der Waals surface area contributed by atoms with E-state index in [4.69, 9.17) is 0 Å². The van der Waals surface area contributed by atoms with Crippen LogP contribution in [0.4, 0.5) is 4.39 Å². The van der Waals surface area contributed by atoms with Crippen molar-refractivity contribution in [2.24, 2.45) is 0 Å². The second-order valence-electron chi connectivity index (χ2n) is 6.72. The summed E-state index contributed by atoms with van der Waals surface area (Å²) < 4.78 is 13.6. The molecular weight excluding hydrogens is 303 g/mol. The lowest BCUT2D eigenvalue weighted by Gasteiger charge is -2.25. The van der Waals surface area contributed by atoms with E-state index in [1.54, 1.807) is 6.07 Å². The minimum absolute atomic E-state index is 0.0136. The molecule has 0 bridgehead atoms. The monoisotopic (exact) mass is 324 g/mol. The van der Waals surface area contributed by atoms with E-state index in [1.807, 2.05) is 50.4 Å². The van der Waals surface area contributed by atoms with Gasteiger partial charge in [-0.2, -0.15) is 0 Å². The van der Waals surface area contributed by atoms with Crippen LogP contribution in [0, 0.1) is 5.82 Å². The van der Waals surface area contributed by atoms with Crippen molar-refractivity contribution in [1.29, 1.82) is 0 Å². The van der Waals surface area contributed by atoms with Gasteiger partial charge in [0.15, 0.2) is 0 Å². The highest BCUT2D eigenvalue weighted by molar-refractivity contribution is 5.84. The van der Waals surface area contributed by atoms with Crippen LogP contribution < -0.4 is 5.32 Å². The number of H-pyrrole nitrogens is 1. The number of aromatic amines is 1.